The number of piperidine rings is 1. The highest BCUT2D eigenvalue weighted by atomic mass is 19.4. The maximum absolute atomic E-state index is 12.9. The van der Waals surface area contributed by atoms with Crippen molar-refractivity contribution in [3.63, 3.8) is 0 Å². The van der Waals surface area contributed by atoms with Crippen molar-refractivity contribution >= 4 is 23.9 Å². The monoisotopic (exact) mass is 383 g/mol. The van der Waals surface area contributed by atoms with Crippen molar-refractivity contribution in [2.24, 2.45) is 0 Å². The summed E-state index contributed by atoms with van der Waals surface area (Å²) in [5, 5.41) is 9.75. The zero-order chi connectivity index (χ0) is 19.6. The first-order valence-corrected chi connectivity index (χ1v) is 8.46. The molecule has 0 radical (unpaired) electrons. The topological polar surface area (TPSA) is 88.0 Å². The molecule has 11 heteroatoms. The Balaban J connectivity index is 1.77. The van der Waals surface area contributed by atoms with E-state index in [4.69, 9.17) is 0 Å². The number of carbonyl (C=O) groups is 1. The number of anilines is 3. The molecule has 0 bridgehead atoms. The van der Waals surface area contributed by atoms with E-state index in [1.54, 1.807) is 11.1 Å². The molecule has 1 saturated heterocycles. The minimum atomic E-state index is -4.53. The van der Waals surface area contributed by atoms with E-state index in [9.17, 15) is 18.0 Å². The average Bonchev–Trinajstić information content (AvgIpc) is 3.01. The van der Waals surface area contributed by atoms with E-state index < -0.39 is 11.7 Å². The molecule has 0 aliphatic carbocycles. The molecule has 3 heterocycles. The van der Waals surface area contributed by atoms with Crippen LogP contribution in [-0.4, -0.2) is 51.2 Å². The van der Waals surface area contributed by atoms with Crippen LogP contribution in [0.15, 0.2) is 12.4 Å². The number of amides is 1. The highest BCUT2D eigenvalue weighted by Gasteiger charge is 2.35. The fourth-order valence-electron chi connectivity index (χ4n) is 3.11. The second-order valence-corrected chi connectivity index (χ2v) is 6.29. The first-order valence-electron chi connectivity index (χ1n) is 8.46. The van der Waals surface area contributed by atoms with E-state index >= 15 is 0 Å². The summed E-state index contributed by atoms with van der Waals surface area (Å²) >= 11 is 0. The molecule has 3 rings (SSSR count). The Bertz CT molecular complexity index is 813. The quantitative estimate of drug-likeness (QED) is 0.772. The Morgan fingerprint density at radius 2 is 1.96 bits per heavy atom. The molecule has 0 unspecified atom stereocenters. The number of hydrogen-bond donors (Lipinski definition) is 2. The molecule has 0 spiro atoms. The van der Waals surface area contributed by atoms with Gasteiger partial charge in [-0.1, -0.05) is 0 Å². The van der Waals surface area contributed by atoms with Gasteiger partial charge in [0.05, 0.1) is 23.6 Å². The largest absolute Gasteiger partial charge is 0.421 e. The SMILES string of the molecule is CNc1nc(Nc2cnn(C3CCN(C=O)CC3)c2C)ncc1C(F)(F)F. The number of carbonyl (C=O) groups excluding carboxylic acids is 1. The Morgan fingerprint density at radius 3 is 2.56 bits per heavy atom. The van der Waals surface area contributed by atoms with E-state index in [0.29, 0.717) is 18.8 Å². The number of likely N-dealkylation sites (tertiary alicyclic amines) is 1. The van der Waals surface area contributed by atoms with Gasteiger partial charge in [-0.05, 0) is 19.8 Å². The van der Waals surface area contributed by atoms with Gasteiger partial charge in [-0.3, -0.25) is 9.48 Å². The fraction of sp³-hybridized carbons (Fsp3) is 0.500. The van der Waals surface area contributed by atoms with Crippen LogP contribution in [0.4, 0.5) is 30.6 Å². The summed E-state index contributed by atoms with van der Waals surface area (Å²) in [7, 11) is 1.37. The summed E-state index contributed by atoms with van der Waals surface area (Å²) in [6.07, 6.45) is 0.245. The van der Waals surface area contributed by atoms with Crippen LogP contribution in [0.1, 0.15) is 30.1 Å². The van der Waals surface area contributed by atoms with Gasteiger partial charge < -0.3 is 15.5 Å². The molecule has 0 atom stereocenters. The molecule has 8 nitrogen and oxygen atoms in total. The van der Waals surface area contributed by atoms with Gasteiger partial charge in [-0.25, -0.2) is 4.98 Å². The van der Waals surface area contributed by atoms with Gasteiger partial charge >= 0.3 is 6.18 Å². The Hall–Kier alpha value is -2.85. The van der Waals surface area contributed by atoms with Crippen LogP contribution in [0.2, 0.25) is 0 Å². The molecule has 2 aromatic heterocycles. The zero-order valence-electron chi connectivity index (χ0n) is 14.9. The van der Waals surface area contributed by atoms with E-state index in [2.05, 4.69) is 25.7 Å². The van der Waals surface area contributed by atoms with Crippen LogP contribution in [0.25, 0.3) is 0 Å². The smallest absolute Gasteiger partial charge is 0.372 e. The predicted molar refractivity (Wildman–Crippen MR) is 92.7 cm³/mol. The van der Waals surface area contributed by atoms with Crippen molar-refractivity contribution in [3.8, 4) is 0 Å². The second kappa shape index (κ2) is 7.41. The van der Waals surface area contributed by atoms with Crippen LogP contribution in [-0.2, 0) is 11.0 Å². The van der Waals surface area contributed by atoms with Crippen LogP contribution >= 0.6 is 0 Å². The number of rotatable bonds is 5. The lowest BCUT2D eigenvalue weighted by molar-refractivity contribution is -0.137. The fourth-order valence-corrected chi connectivity index (χ4v) is 3.11. The van der Waals surface area contributed by atoms with Crippen molar-refractivity contribution in [2.75, 3.05) is 30.8 Å². The highest BCUT2D eigenvalue weighted by molar-refractivity contribution is 5.58. The predicted octanol–water partition coefficient (Wildman–Crippen LogP) is 2.58. The van der Waals surface area contributed by atoms with Gasteiger partial charge in [0.2, 0.25) is 12.4 Å². The van der Waals surface area contributed by atoms with Gasteiger partial charge in [0, 0.05) is 26.3 Å². The van der Waals surface area contributed by atoms with Gasteiger partial charge in [-0.15, -0.1) is 0 Å². The lowest BCUT2D eigenvalue weighted by Gasteiger charge is -2.30. The van der Waals surface area contributed by atoms with Crippen LogP contribution < -0.4 is 10.6 Å². The highest BCUT2D eigenvalue weighted by Crippen LogP contribution is 2.34. The maximum atomic E-state index is 12.9. The molecular formula is C16H20F3N7O. The lowest BCUT2D eigenvalue weighted by Crippen LogP contribution is -2.34. The van der Waals surface area contributed by atoms with Crippen LogP contribution in [0.3, 0.4) is 0 Å². The molecular weight excluding hydrogens is 363 g/mol. The number of halogens is 3. The summed E-state index contributed by atoms with van der Waals surface area (Å²) in [5.74, 6) is -0.253. The van der Waals surface area contributed by atoms with Crippen LogP contribution in [0, 0.1) is 6.92 Å². The third-order valence-electron chi connectivity index (χ3n) is 4.62. The summed E-state index contributed by atoms with van der Waals surface area (Å²) in [4.78, 5) is 20.2. The maximum Gasteiger partial charge on any atom is 0.421 e. The van der Waals surface area contributed by atoms with E-state index in [1.807, 2.05) is 11.6 Å². The lowest BCUT2D eigenvalue weighted by atomic mass is 10.1. The second-order valence-electron chi connectivity index (χ2n) is 6.29. The average molecular weight is 383 g/mol. The third-order valence-corrected chi connectivity index (χ3v) is 4.62. The molecule has 27 heavy (non-hydrogen) atoms. The van der Waals surface area contributed by atoms with Crippen molar-refractivity contribution in [2.45, 2.75) is 32.0 Å². The summed E-state index contributed by atoms with van der Waals surface area (Å²) in [6, 6.07) is 0.165. The molecule has 0 saturated carbocycles. The van der Waals surface area contributed by atoms with Crippen molar-refractivity contribution in [1.82, 2.24) is 24.6 Å². The number of aromatic nitrogens is 4. The standard InChI is InChI=1S/C16H20F3N7O/c1-10-13(8-22-26(10)11-3-5-25(9-27)6-4-11)23-15-21-7-12(16(17,18)19)14(20-2)24-15/h7-9,11H,3-6H2,1-2H3,(H2,20,21,23,24). The van der Waals surface area contributed by atoms with Crippen LogP contribution in [0.5, 0.6) is 0 Å². The molecule has 146 valence electrons. The summed E-state index contributed by atoms with van der Waals surface area (Å²) < 4.78 is 40.7. The molecule has 2 aromatic rings. The third kappa shape index (κ3) is 3.96. The molecule has 1 aliphatic heterocycles. The van der Waals surface area contributed by atoms with Crippen molar-refractivity contribution < 1.29 is 18.0 Å². The van der Waals surface area contributed by atoms with Crippen molar-refractivity contribution in [1.29, 1.82) is 0 Å². The molecule has 0 aromatic carbocycles. The number of hydrogen-bond acceptors (Lipinski definition) is 6. The van der Waals surface area contributed by atoms with Gasteiger partial charge in [0.15, 0.2) is 0 Å². The Kier molecular flexibility index (Phi) is 5.19. The summed E-state index contributed by atoms with van der Waals surface area (Å²) in [6.45, 7) is 3.21. The Labute approximate surface area is 153 Å². The zero-order valence-corrected chi connectivity index (χ0v) is 14.9. The van der Waals surface area contributed by atoms with E-state index in [1.165, 1.54) is 7.05 Å². The summed E-state index contributed by atoms with van der Waals surface area (Å²) in [5.41, 5.74) is 0.522. The Morgan fingerprint density at radius 1 is 1.26 bits per heavy atom. The molecule has 2 N–H and O–H groups in total. The first-order chi connectivity index (χ1) is 12.8. The molecule has 1 amide bonds. The first kappa shape index (κ1) is 18.9. The number of alkyl halides is 3. The molecule has 1 aliphatic rings. The van der Waals surface area contributed by atoms with Gasteiger partial charge in [0.1, 0.15) is 11.4 Å². The minimum Gasteiger partial charge on any atom is -0.372 e. The normalized spacial score (nSPS) is 15.7. The van der Waals surface area contributed by atoms with Crippen molar-refractivity contribution in [3.05, 3.63) is 23.7 Å². The van der Waals surface area contributed by atoms with Gasteiger partial charge in [0.25, 0.3) is 0 Å². The molecule has 1 fully saturated rings. The van der Waals surface area contributed by atoms with E-state index in [-0.39, 0.29) is 17.8 Å². The number of nitrogens with one attached hydrogen (secondary N) is 2. The number of nitrogens with zero attached hydrogens (tertiary/aromatic N) is 5. The minimum absolute atomic E-state index is 0.0470. The van der Waals surface area contributed by atoms with Gasteiger partial charge in [-0.2, -0.15) is 23.3 Å². The van der Waals surface area contributed by atoms with E-state index in [0.717, 1.165) is 31.1 Å².